The van der Waals surface area contributed by atoms with Crippen molar-refractivity contribution in [3.8, 4) is 0 Å². The molecule has 1 unspecified atom stereocenters. The molecule has 190 valence electrons. The van der Waals surface area contributed by atoms with Gasteiger partial charge in [0.15, 0.2) is 0 Å². The van der Waals surface area contributed by atoms with E-state index in [1.165, 1.54) is 17.0 Å². The van der Waals surface area contributed by atoms with Gasteiger partial charge in [0.2, 0.25) is 21.8 Å². The van der Waals surface area contributed by atoms with Gasteiger partial charge in [-0.15, -0.1) is 0 Å². The van der Waals surface area contributed by atoms with E-state index in [1.54, 1.807) is 49.4 Å². The number of nitrogens with one attached hydrogen (secondary N) is 1. The Morgan fingerprint density at radius 2 is 1.47 bits per heavy atom. The minimum Gasteiger partial charge on any atom is -0.355 e. The van der Waals surface area contributed by atoms with Crippen LogP contribution in [0, 0.1) is 5.82 Å². The van der Waals surface area contributed by atoms with Gasteiger partial charge in [0.1, 0.15) is 18.4 Å². The third kappa shape index (κ3) is 7.39. The fourth-order valence-corrected chi connectivity index (χ4v) is 4.69. The number of carbonyl (C=O) groups is 2. The smallest absolute Gasteiger partial charge is 0.244 e. The molecule has 3 aromatic carbocycles. The molecule has 1 atom stereocenters. The predicted octanol–water partition coefficient (Wildman–Crippen LogP) is 3.37. The summed E-state index contributed by atoms with van der Waals surface area (Å²) in [5.74, 6) is -1.34. The number of rotatable bonds is 11. The van der Waals surface area contributed by atoms with Gasteiger partial charge in [0.25, 0.3) is 0 Å². The number of benzene rings is 3. The van der Waals surface area contributed by atoms with E-state index in [0.717, 1.165) is 16.1 Å². The highest BCUT2D eigenvalue weighted by molar-refractivity contribution is 7.92. The highest BCUT2D eigenvalue weighted by atomic mass is 32.2. The number of carbonyl (C=O) groups excluding carboxylic acids is 2. The molecule has 0 saturated carbocycles. The number of para-hydroxylation sites is 1. The monoisotopic (exact) mass is 511 g/mol. The Morgan fingerprint density at radius 3 is 2.03 bits per heavy atom. The first kappa shape index (κ1) is 26.9. The molecule has 0 spiro atoms. The van der Waals surface area contributed by atoms with E-state index in [1.807, 2.05) is 30.3 Å². The summed E-state index contributed by atoms with van der Waals surface area (Å²) >= 11 is 0. The molecule has 0 radical (unpaired) electrons. The minimum atomic E-state index is -3.80. The van der Waals surface area contributed by atoms with Crippen LogP contribution in [0.5, 0.6) is 0 Å². The lowest BCUT2D eigenvalue weighted by Crippen LogP contribution is -2.53. The second kappa shape index (κ2) is 12.3. The van der Waals surface area contributed by atoms with Gasteiger partial charge in [0, 0.05) is 19.5 Å². The maximum Gasteiger partial charge on any atom is 0.244 e. The van der Waals surface area contributed by atoms with Crippen LogP contribution in [-0.2, 0) is 32.6 Å². The molecule has 9 heteroatoms. The number of sulfonamides is 1. The van der Waals surface area contributed by atoms with Crippen molar-refractivity contribution in [2.75, 3.05) is 23.7 Å². The predicted molar refractivity (Wildman–Crippen MR) is 138 cm³/mol. The first-order chi connectivity index (χ1) is 17.2. The Balaban J connectivity index is 2.01. The standard InChI is InChI=1S/C27H30FN3O4S/c1-3-29-27(33)25(18-21-10-6-4-7-11-21)30(19-22-14-16-23(28)17-15-22)26(32)20-31(36(2,34)35)24-12-8-5-9-13-24/h4-17,25H,3,18-20H2,1-2H3,(H,29,33). The van der Waals surface area contributed by atoms with Crippen LogP contribution in [0.25, 0.3) is 0 Å². The lowest BCUT2D eigenvalue weighted by Gasteiger charge is -2.33. The van der Waals surface area contributed by atoms with Gasteiger partial charge in [0.05, 0.1) is 11.9 Å². The normalized spacial score (nSPS) is 12.0. The van der Waals surface area contributed by atoms with Crippen LogP contribution in [-0.4, -0.2) is 50.5 Å². The van der Waals surface area contributed by atoms with Crippen molar-refractivity contribution >= 4 is 27.5 Å². The maximum atomic E-state index is 13.8. The topological polar surface area (TPSA) is 86.8 Å². The summed E-state index contributed by atoms with van der Waals surface area (Å²) in [5.41, 5.74) is 1.79. The molecule has 0 aliphatic carbocycles. The number of nitrogens with zero attached hydrogens (tertiary/aromatic N) is 2. The SMILES string of the molecule is CCNC(=O)C(Cc1ccccc1)N(Cc1ccc(F)cc1)C(=O)CN(c1ccccc1)S(C)(=O)=O. The first-order valence-corrected chi connectivity index (χ1v) is 13.4. The van der Waals surface area contributed by atoms with Crippen molar-refractivity contribution < 1.29 is 22.4 Å². The van der Waals surface area contributed by atoms with Crippen molar-refractivity contribution in [3.63, 3.8) is 0 Å². The molecule has 36 heavy (non-hydrogen) atoms. The molecule has 3 rings (SSSR count). The van der Waals surface area contributed by atoms with Crippen LogP contribution in [0.4, 0.5) is 10.1 Å². The largest absolute Gasteiger partial charge is 0.355 e. The Hall–Kier alpha value is -3.72. The zero-order chi connectivity index (χ0) is 26.1. The van der Waals surface area contributed by atoms with Crippen molar-refractivity contribution in [3.05, 3.63) is 102 Å². The quantitative estimate of drug-likeness (QED) is 0.428. The number of hydrogen-bond donors (Lipinski definition) is 1. The van der Waals surface area contributed by atoms with Crippen LogP contribution >= 0.6 is 0 Å². The van der Waals surface area contributed by atoms with Crippen LogP contribution < -0.4 is 9.62 Å². The van der Waals surface area contributed by atoms with Gasteiger partial charge in [-0.1, -0.05) is 60.7 Å². The van der Waals surface area contributed by atoms with E-state index in [0.29, 0.717) is 17.8 Å². The number of amides is 2. The summed E-state index contributed by atoms with van der Waals surface area (Å²) in [6.07, 6.45) is 1.26. The molecular formula is C27H30FN3O4S. The highest BCUT2D eigenvalue weighted by Gasteiger charge is 2.32. The third-order valence-electron chi connectivity index (χ3n) is 5.61. The van der Waals surface area contributed by atoms with E-state index in [2.05, 4.69) is 5.32 Å². The lowest BCUT2D eigenvalue weighted by molar-refractivity contribution is -0.140. The van der Waals surface area contributed by atoms with Crippen LogP contribution in [0.1, 0.15) is 18.1 Å². The molecule has 0 aliphatic rings. The van der Waals surface area contributed by atoms with Gasteiger partial charge >= 0.3 is 0 Å². The molecule has 0 bridgehead atoms. The molecule has 0 fully saturated rings. The summed E-state index contributed by atoms with van der Waals surface area (Å²) in [6, 6.07) is 22.3. The van der Waals surface area contributed by atoms with Crippen molar-refractivity contribution in [2.24, 2.45) is 0 Å². The highest BCUT2D eigenvalue weighted by Crippen LogP contribution is 2.20. The second-order valence-corrected chi connectivity index (χ2v) is 10.3. The summed E-state index contributed by atoms with van der Waals surface area (Å²) in [5, 5.41) is 2.79. The number of hydrogen-bond acceptors (Lipinski definition) is 4. The van der Waals surface area contributed by atoms with E-state index >= 15 is 0 Å². The van der Waals surface area contributed by atoms with E-state index in [9.17, 15) is 22.4 Å². The molecule has 0 saturated heterocycles. The van der Waals surface area contributed by atoms with Crippen LogP contribution in [0.2, 0.25) is 0 Å². The molecular weight excluding hydrogens is 481 g/mol. The van der Waals surface area contributed by atoms with E-state index < -0.39 is 34.3 Å². The van der Waals surface area contributed by atoms with Gasteiger partial charge in [-0.2, -0.15) is 0 Å². The third-order valence-corrected chi connectivity index (χ3v) is 6.75. The summed E-state index contributed by atoms with van der Waals surface area (Å²) in [7, 11) is -3.80. The lowest BCUT2D eigenvalue weighted by atomic mass is 10.0. The first-order valence-electron chi connectivity index (χ1n) is 11.6. The molecule has 0 aromatic heterocycles. The van der Waals surface area contributed by atoms with Gasteiger partial charge in [-0.3, -0.25) is 13.9 Å². The fraction of sp³-hybridized carbons (Fsp3) is 0.259. The summed E-state index contributed by atoms with van der Waals surface area (Å²) in [4.78, 5) is 28.3. The molecule has 7 nitrogen and oxygen atoms in total. The molecule has 2 amide bonds. The Bertz CT molecular complexity index is 1250. The summed E-state index contributed by atoms with van der Waals surface area (Å²) < 4.78 is 39.8. The van der Waals surface area contributed by atoms with Crippen molar-refractivity contribution in [2.45, 2.75) is 25.9 Å². The zero-order valence-electron chi connectivity index (χ0n) is 20.3. The van der Waals surface area contributed by atoms with E-state index in [-0.39, 0.29) is 18.9 Å². The zero-order valence-corrected chi connectivity index (χ0v) is 21.1. The Labute approximate surface area is 211 Å². The maximum absolute atomic E-state index is 13.8. The molecule has 3 aromatic rings. The Morgan fingerprint density at radius 1 is 0.889 bits per heavy atom. The number of anilines is 1. The van der Waals surface area contributed by atoms with Crippen molar-refractivity contribution in [1.82, 2.24) is 10.2 Å². The van der Waals surface area contributed by atoms with E-state index in [4.69, 9.17) is 0 Å². The fourth-order valence-electron chi connectivity index (χ4n) is 3.84. The second-order valence-electron chi connectivity index (χ2n) is 8.35. The van der Waals surface area contributed by atoms with Crippen LogP contribution in [0.3, 0.4) is 0 Å². The van der Waals surface area contributed by atoms with Gasteiger partial charge < -0.3 is 10.2 Å². The molecule has 1 N–H and O–H groups in total. The molecule has 0 aliphatic heterocycles. The van der Waals surface area contributed by atoms with Crippen molar-refractivity contribution in [1.29, 1.82) is 0 Å². The minimum absolute atomic E-state index is 0.000138. The molecule has 0 heterocycles. The number of halogens is 1. The van der Waals surface area contributed by atoms with Gasteiger partial charge in [-0.05, 0) is 42.3 Å². The Kier molecular flexibility index (Phi) is 9.19. The average molecular weight is 512 g/mol. The van der Waals surface area contributed by atoms with Gasteiger partial charge in [-0.25, -0.2) is 12.8 Å². The average Bonchev–Trinajstić information content (AvgIpc) is 2.86. The summed E-state index contributed by atoms with van der Waals surface area (Å²) in [6.45, 7) is 1.65. The number of likely N-dealkylation sites (N-methyl/N-ethyl adjacent to an activating group) is 1. The van der Waals surface area contributed by atoms with Crippen LogP contribution in [0.15, 0.2) is 84.9 Å².